The van der Waals surface area contributed by atoms with Crippen LogP contribution in [-0.4, -0.2) is 32.9 Å². The molecule has 0 aliphatic carbocycles. The van der Waals surface area contributed by atoms with Crippen LogP contribution in [0.3, 0.4) is 0 Å². The maximum Gasteiger partial charge on any atom is 0.338 e. The Hall–Kier alpha value is -1.75. The molecule has 5 heteroatoms. The van der Waals surface area contributed by atoms with Gasteiger partial charge in [-0.1, -0.05) is 13.8 Å². The Morgan fingerprint density at radius 2 is 1.95 bits per heavy atom. The van der Waals surface area contributed by atoms with Crippen LogP contribution in [0.4, 0.5) is 5.69 Å². The van der Waals surface area contributed by atoms with Crippen molar-refractivity contribution in [1.82, 2.24) is 0 Å². The first kappa shape index (κ1) is 16.3. The van der Waals surface area contributed by atoms with E-state index >= 15 is 0 Å². The van der Waals surface area contributed by atoms with E-state index in [-0.39, 0.29) is 6.61 Å². The zero-order chi connectivity index (χ0) is 15.0. The van der Waals surface area contributed by atoms with E-state index in [1.54, 1.807) is 18.2 Å². The van der Waals surface area contributed by atoms with E-state index in [2.05, 4.69) is 13.8 Å². The van der Waals surface area contributed by atoms with Crippen LogP contribution in [0.25, 0.3) is 0 Å². The first-order valence-electron chi connectivity index (χ1n) is 6.72. The van der Waals surface area contributed by atoms with Gasteiger partial charge in [0, 0.05) is 18.4 Å². The number of carbonyl (C=O) groups is 1. The smallest absolute Gasteiger partial charge is 0.338 e. The monoisotopic (exact) mass is 281 g/mol. The molecule has 0 unspecified atom stereocenters. The number of hydrogen-bond acceptors (Lipinski definition) is 5. The largest absolute Gasteiger partial charge is 0.497 e. The highest BCUT2D eigenvalue weighted by molar-refractivity contribution is 5.91. The van der Waals surface area contributed by atoms with Gasteiger partial charge in [0.1, 0.15) is 12.4 Å². The minimum atomic E-state index is -0.428. The zero-order valence-corrected chi connectivity index (χ0v) is 12.3. The summed E-state index contributed by atoms with van der Waals surface area (Å²) in [5, 5.41) is 0. The second-order valence-electron chi connectivity index (χ2n) is 4.93. The molecule has 5 nitrogen and oxygen atoms in total. The molecule has 0 saturated carbocycles. The van der Waals surface area contributed by atoms with Gasteiger partial charge in [-0.05, 0) is 24.5 Å². The number of hydrogen-bond donors (Lipinski definition) is 1. The highest BCUT2D eigenvalue weighted by Crippen LogP contribution is 2.19. The molecular weight excluding hydrogens is 258 g/mol. The van der Waals surface area contributed by atoms with E-state index in [0.717, 1.165) is 6.42 Å². The maximum atomic E-state index is 11.8. The first-order valence-corrected chi connectivity index (χ1v) is 6.72. The number of nitrogens with two attached hydrogens (primary N) is 1. The standard InChI is InChI=1S/C15H23NO4/c1-11(2)4-5-19-6-7-20-15(17)12-8-13(16)10-14(9-12)18-3/h8-11H,4-7,16H2,1-3H3. The second-order valence-corrected chi connectivity index (χ2v) is 4.93. The summed E-state index contributed by atoms with van der Waals surface area (Å²) in [5.41, 5.74) is 6.52. The van der Waals surface area contributed by atoms with Crippen molar-refractivity contribution in [2.24, 2.45) is 5.92 Å². The molecule has 0 aliphatic rings. The number of carbonyl (C=O) groups excluding carboxylic acids is 1. The summed E-state index contributed by atoms with van der Waals surface area (Å²) in [5.74, 6) is 0.713. The molecule has 0 radical (unpaired) electrons. The van der Waals surface area contributed by atoms with E-state index in [0.29, 0.717) is 36.1 Å². The molecular formula is C15H23NO4. The van der Waals surface area contributed by atoms with Crippen molar-refractivity contribution in [2.75, 3.05) is 32.7 Å². The fourth-order valence-corrected chi connectivity index (χ4v) is 1.56. The van der Waals surface area contributed by atoms with Gasteiger partial charge in [0.25, 0.3) is 0 Å². The van der Waals surface area contributed by atoms with E-state index < -0.39 is 5.97 Å². The van der Waals surface area contributed by atoms with Gasteiger partial charge in [-0.25, -0.2) is 4.79 Å². The van der Waals surface area contributed by atoms with Crippen molar-refractivity contribution in [3.8, 4) is 5.75 Å². The summed E-state index contributed by atoms with van der Waals surface area (Å²) >= 11 is 0. The van der Waals surface area contributed by atoms with Crippen molar-refractivity contribution in [2.45, 2.75) is 20.3 Å². The van der Waals surface area contributed by atoms with Crippen LogP contribution in [0.2, 0.25) is 0 Å². The highest BCUT2D eigenvalue weighted by atomic mass is 16.6. The number of anilines is 1. The third-order valence-electron chi connectivity index (χ3n) is 2.70. The third kappa shape index (κ3) is 5.93. The number of methoxy groups -OCH3 is 1. The van der Waals surface area contributed by atoms with Gasteiger partial charge < -0.3 is 19.9 Å². The van der Waals surface area contributed by atoms with Crippen molar-refractivity contribution < 1.29 is 19.0 Å². The van der Waals surface area contributed by atoms with Crippen LogP contribution in [-0.2, 0) is 9.47 Å². The molecule has 1 aromatic carbocycles. The molecule has 112 valence electrons. The topological polar surface area (TPSA) is 70.8 Å². The van der Waals surface area contributed by atoms with Crippen LogP contribution >= 0.6 is 0 Å². The summed E-state index contributed by atoms with van der Waals surface area (Å²) in [7, 11) is 1.52. The van der Waals surface area contributed by atoms with Crippen LogP contribution < -0.4 is 10.5 Å². The van der Waals surface area contributed by atoms with Crippen molar-refractivity contribution in [3.63, 3.8) is 0 Å². The molecule has 2 N–H and O–H groups in total. The summed E-state index contributed by atoms with van der Waals surface area (Å²) in [6, 6.07) is 4.80. The second kappa shape index (κ2) is 8.43. The number of rotatable bonds is 8. The summed E-state index contributed by atoms with van der Waals surface area (Å²) in [6.45, 7) is 5.58. The lowest BCUT2D eigenvalue weighted by molar-refractivity contribution is 0.0303. The Bertz CT molecular complexity index is 432. The Balaban J connectivity index is 2.34. The van der Waals surface area contributed by atoms with Crippen molar-refractivity contribution in [1.29, 1.82) is 0 Å². The molecule has 1 aromatic rings. The fourth-order valence-electron chi connectivity index (χ4n) is 1.56. The molecule has 0 amide bonds. The van der Waals surface area contributed by atoms with Crippen LogP contribution in [0, 0.1) is 5.92 Å². The van der Waals surface area contributed by atoms with Crippen LogP contribution in [0.15, 0.2) is 18.2 Å². The van der Waals surface area contributed by atoms with Gasteiger partial charge in [-0.2, -0.15) is 0 Å². The van der Waals surface area contributed by atoms with Gasteiger partial charge in [0.05, 0.1) is 19.3 Å². The predicted octanol–water partition coefficient (Wildman–Crippen LogP) is 2.50. The van der Waals surface area contributed by atoms with E-state index in [1.165, 1.54) is 7.11 Å². The summed E-state index contributed by atoms with van der Waals surface area (Å²) in [4.78, 5) is 11.8. The molecule has 0 saturated heterocycles. The number of ether oxygens (including phenoxy) is 3. The summed E-state index contributed by atoms with van der Waals surface area (Å²) < 4.78 is 15.5. The molecule has 20 heavy (non-hydrogen) atoms. The van der Waals surface area contributed by atoms with Crippen LogP contribution in [0.1, 0.15) is 30.6 Å². The molecule has 0 spiro atoms. The third-order valence-corrected chi connectivity index (χ3v) is 2.70. The number of nitrogen functional groups attached to an aromatic ring is 1. The van der Waals surface area contributed by atoms with Crippen LogP contribution in [0.5, 0.6) is 5.75 Å². The highest BCUT2D eigenvalue weighted by Gasteiger charge is 2.09. The van der Waals surface area contributed by atoms with Gasteiger partial charge >= 0.3 is 5.97 Å². The molecule has 0 bridgehead atoms. The Morgan fingerprint density at radius 1 is 1.20 bits per heavy atom. The van der Waals surface area contributed by atoms with Gasteiger partial charge in [-0.15, -0.1) is 0 Å². The molecule has 0 atom stereocenters. The summed E-state index contributed by atoms with van der Waals surface area (Å²) in [6.07, 6.45) is 1.00. The van der Waals surface area contributed by atoms with E-state index in [1.807, 2.05) is 0 Å². The maximum absolute atomic E-state index is 11.8. The van der Waals surface area contributed by atoms with Crippen molar-refractivity contribution in [3.05, 3.63) is 23.8 Å². The average molecular weight is 281 g/mol. The predicted molar refractivity (Wildman–Crippen MR) is 78.0 cm³/mol. The molecule has 1 rings (SSSR count). The van der Waals surface area contributed by atoms with E-state index in [4.69, 9.17) is 19.9 Å². The van der Waals surface area contributed by atoms with E-state index in [9.17, 15) is 4.79 Å². The zero-order valence-electron chi connectivity index (χ0n) is 12.3. The molecule has 0 fully saturated rings. The minimum Gasteiger partial charge on any atom is -0.497 e. The fraction of sp³-hybridized carbons (Fsp3) is 0.533. The Morgan fingerprint density at radius 3 is 2.60 bits per heavy atom. The van der Waals surface area contributed by atoms with Crippen molar-refractivity contribution >= 4 is 11.7 Å². The minimum absolute atomic E-state index is 0.230. The lowest BCUT2D eigenvalue weighted by atomic mass is 10.1. The first-order chi connectivity index (χ1) is 9.52. The number of benzene rings is 1. The lowest BCUT2D eigenvalue weighted by Crippen LogP contribution is -2.12. The molecule has 0 heterocycles. The molecule has 0 aromatic heterocycles. The lowest BCUT2D eigenvalue weighted by Gasteiger charge is -2.09. The average Bonchev–Trinajstić information content (AvgIpc) is 2.41. The Kier molecular flexibility index (Phi) is 6.87. The quantitative estimate of drug-likeness (QED) is 0.450. The van der Waals surface area contributed by atoms with Gasteiger partial charge in [-0.3, -0.25) is 0 Å². The normalized spacial score (nSPS) is 10.6. The Labute approximate surface area is 120 Å². The van der Waals surface area contributed by atoms with Gasteiger partial charge in [0.2, 0.25) is 0 Å². The molecule has 0 aliphatic heterocycles. The SMILES string of the molecule is COc1cc(N)cc(C(=O)OCCOCCC(C)C)c1. The van der Waals surface area contributed by atoms with Gasteiger partial charge in [0.15, 0.2) is 0 Å². The number of esters is 1.